The van der Waals surface area contributed by atoms with Crippen LogP contribution in [0.4, 0.5) is 10.1 Å². The number of hydrogen-bond donors (Lipinski definition) is 2. The smallest absolute Gasteiger partial charge is 0.260 e. The van der Waals surface area contributed by atoms with Crippen molar-refractivity contribution in [2.75, 3.05) is 12.4 Å². The molecule has 0 fully saturated rings. The Hall–Kier alpha value is -2.70. The lowest BCUT2D eigenvalue weighted by atomic mass is 10.1. The highest BCUT2D eigenvalue weighted by atomic mass is 35.5. The van der Waals surface area contributed by atoms with Crippen LogP contribution >= 0.6 is 11.6 Å². The van der Waals surface area contributed by atoms with Crippen molar-refractivity contribution in [1.82, 2.24) is 4.98 Å². The van der Waals surface area contributed by atoms with Gasteiger partial charge in [-0.15, -0.1) is 0 Å². The molecule has 1 heterocycles. The number of ether oxygens (including phenoxy) is 1. The summed E-state index contributed by atoms with van der Waals surface area (Å²) in [6, 6.07) is 10.5. The molecule has 7 heteroatoms. The molecule has 0 atom stereocenters. The Morgan fingerprint density at radius 3 is 2.80 bits per heavy atom. The van der Waals surface area contributed by atoms with E-state index in [0.717, 1.165) is 17.0 Å². The maximum absolute atomic E-state index is 13.8. The van der Waals surface area contributed by atoms with Gasteiger partial charge in [0.05, 0.1) is 22.7 Å². The molecule has 128 valence electrons. The average Bonchev–Trinajstić information content (AvgIpc) is 2.54. The quantitative estimate of drug-likeness (QED) is 0.745. The Morgan fingerprint density at radius 2 is 2.08 bits per heavy atom. The number of carbonyl (C=O) groups excluding carboxylic acids is 1. The molecular weight excluding hydrogens is 347 g/mol. The third-order valence-corrected chi connectivity index (χ3v) is 3.99. The maximum atomic E-state index is 13.8. The summed E-state index contributed by atoms with van der Waals surface area (Å²) in [6.07, 6.45) is 0. The zero-order valence-electron chi connectivity index (χ0n) is 13.2. The summed E-state index contributed by atoms with van der Waals surface area (Å²) in [6.45, 7) is 0.289. The first kappa shape index (κ1) is 17.1. The van der Waals surface area contributed by atoms with E-state index in [-0.39, 0.29) is 22.8 Å². The van der Waals surface area contributed by atoms with Crippen LogP contribution in [0.15, 0.2) is 47.3 Å². The molecule has 1 amide bonds. The van der Waals surface area contributed by atoms with Gasteiger partial charge in [0.15, 0.2) is 0 Å². The SMILES string of the molecule is COCc1cc(=O)[nH]c2cc(NC(=O)c3c(F)cccc3Cl)ccc12. The number of anilines is 1. The Balaban J connectivity index is 1.97. The van der Waals surface area contributed by atoms with Crippen molar-refractivity contribution >= 4 is 34.1 Å². The van der Waals surface area contributed by atoms with Crippen molar-refractivity contribution in [3.8, 4) is 0 Å². The molecule has 2 N–H and O–H groups in total. The molecule has 0 aliphatic rings. The summed E-state index contributed by atoms with van der Waals surface area (Å²) in [5, 5.41) is 3.40. The van der Waals surface area contributed by atoms with Gasteiger partial charge in [-0.25, -0.2) is 4.39 Å². The number of pyridine rings is 1. The van der Waals surface area contributed by atoms with Gasteiger partial charge in [0.25, 0.3) is 5.91 Å². The van der Waals surface area contributed by atoms with Crippen molar-refractivity contribution in [2.45, 2.75) is 6.61 Å². The first-order valence-corrected chi connectivity index (χ1v) is 7.77. The lowest BCUT2D eigenvalue weighted by molar-refractivity contribution is 0.102. The van der Waals surface area contributed by atoms with Gasteiger partial charge in [-0.2, -0.15) is 0 Å². The fraction of sp³-hybridized carbons (Fsp3) is 0.111. The molecule has 0 aliphatic carbocycles. The second-order valence-electron chi connectivity index (χ2n) is 5.40. The molecule has 2 aromatic carbocycles. The Labute approximate surface area is 147 Å². The predicted molar refractivity (Wildman–Crippen MR) is 94.6 cm³/mol. The molecule has 0 aliphatic heterocycles. The Kier molecular flexibility index (Phi) is 4.83. The highest BCUT2D eigenvalue weighted by Gasteiger charge is 2.16. The molecule has 0 bridgehead atoms. The van der Waals surface area contributed by atoms with E-state index in [0.29, 0.717) is 11.2 Å². The van der Waals surface area contributed by atoms with Crippen LogP contribution in [0.1, 0.15) is 15.9 Å². The summed E-state index contributed by atoms with van der Waals surface area (Å²) in [4.78, 5) is 26.8. The molecule has 0 unspecified atom stereocenters. The van der Waals surface area contributed by atoms with Crippen LogP contribution < -0.4 is 10.9 Å². The molecule has 0 saturated heterocycles. The van der Waals surface area contributed by atoms with Gasteiger partial charge in [0.1, 0.15) is 5.82 Å². The van der Waals surface area contributed by atoms with Gasteiger partial charge < -0.3 is 15.0 Å². The number of hydrogen-bond acceptors (Lipinski definition) is 3. The summed E-state index contributed by atoms with van der Waals surface area (Å²) in [5.74, 6) is -1.38. The van der Waals surface area contributed by atoms with E-state index in [9.17, 15) is 14.0 Å². The standard InChI is InChI=1S/C18H14ClFN2O3/c1-25-9-10-7-16(23)22-15-8-11(5-6-12(10)15)21-18(24)17-13(19)3-2-4-14(17)20/h2-8H,9H2,1H3,(H,21,24)(H,22,23). The number of nitrogens with one attached hydrogen (secondary N) is 2. The van der Waals surface area contributed by atoms with Crippen LogP contribution in [-0.4, -0.2) is 18.0 Å². The maximum Gasteiger partial charge on any atom is 0.260 e. The topological polar surface area (TPSA) is 71.2 Å². The predicted octanol–water partition coefficient (Wildman–Crippen LogP) is 3.72. The Bertz CT molecular complexity index is 997. The second-order valence-corrected chi connectivity index (χ2v) is 5.81. The molecule has 25 heavy (non-hydrogen) atoms. The second kappa shape index (κ2) is 7.04. The fourth-order valence-corrected chi connectivity index (χ4v) is 2.84. The number of benzene rings is 2. The summed E-state index contributed by atoms with van der Waals surface area (Å²) < 4.78 is 18.9. The number of fused-ring (bicyclic) bond motifs is 1. The number of amides is 1. The molecule has 0 saturated carbocycles. The minimum absolute atomic E-state index is 0.0223. The van der Waals surface area contributed by atoms with E-state index in [4.69, 9.17) is 16.3 Å². The number of halogens is 2. The largest absolute Gasteiger partial charge is 0.380 e. The van der Waals surface area contributed by atoms with E-state index in [1.165, 1.54) is 18.2 Å². The highest BCUT2D eigenvalue weighted by Crippen LogP contribution is 2.23. The molecule has 3 aromatic rings. The van der Waals surface area contributed by atoms with E-state index in [2.05, 4.69) is 10.3 Å². The molecule has 0 radical (unpaired) electrons. The van der Waals surface area contributed by atoms with E-state index in [1.807, 2.05) is 0 Å². The van der Waals surface area contributed by atoms with Crippen LogP contribution in [-0.2, 0) is 11.3 Å². The summed E-state index contributed by atoms with van der Waals surface area (Å²) in [5.41, 5.74) is 1.17. The monoisotopic (exact) mass is 360 g/mol. The Morgan fingerprint density at radius 1 is 1.28 bits per heavy atom. The number of rotatable bonds is 4. The summed E-state index contributed by atoms with van der Waals surface area (Å²) in [7, 11) is 1.54. The number of H-pyrrole nitrogens is 1. The number of carbonyl (C=O) groups is 1. The minimum Gasteiger partial charge on any atom is -0.380 e. The van der Waals surface area contributed by atoms with E-state index < -0.39 is 11.7 Å². The third kappa shape index (κ3) is 3.55. The normalized spacial score (nSPS) is 10.8. The first-order valence-electron chi connectivity index (χ1n) is 7.40. The molecule has 5 nitrogen and oxygen atoms in total. The number of aromatic nitrogens is 1. The van der Waals surface area contributed by atoms with Crippen molar-refractivity contribution in [2.24, 2.45) is 0 Å². The molecular formula is C18H14ClFN2O3. The zero-order valence-corrected chi connectivity index (χ0v) is 14.0. The van der Waals surface area contributed by atoms with Crippen molar-refractivity contribution in [1.29, 1.82) is 0 Å². The van der Waals surface area contributed by atoms with E-state index >= 15 is 0 Å². The average molecular weight is 361 g/mol. The fourth-order valence-electron chi connectivity index (χ4n) is 2.59. The van der Waals surface area contributed by atoms with Gasteiger partial charge >= 0.3 is 0 Å². The van der Waals surface area contributed by atoms with Gasteiger partial charge in [0.2, 0.25) is 5.56 Å². The highest BCUT2D eigenvalue weighted by molar-refractivity contribution is 6.34. The van der Waals surface area contributed by atoms with Crippen LogP contribution in [0.5, 0.6) is 0 Å². The van der Waals surface area contributed by atoms with Crippen LogP contribution in [0.3, 0.4) is 0 Å². The molecule has 3 rings (SSSR count). The lowest BCUT2D eigenvalue weighted by Crippen LogP contribution is -2.15. The minimum atomic E-state index is -0.707. The number of methoxy groups -OCH3 is 1. The van der Waals surface area contributed by atoms with Gasteiger partial charge in [0, 0.05) is 24.2 Å². The van der Waals surface area contributed by atoms with Gasteiger partial charge in [-0.3, -0.25) is 9.59 Å². The first-order chi connectivity index (χ1) is 12.0. The summed E-state index contributed by atoms with van der Waals surface area (Å²) >= 11 is 5.90. The van der Waals surface area contributed by atoms with Crippen LogP contribution in [0, 0.1) is 5.82 Å². The zero-order chi connectivity index (χ0) is 18.0. The van der Waals surface area contributed by atoms with Crippen LogP contribution in [0.25, 0.3) is 10.9 Å². The molecule has 1 aromatic heterocycles. The lowest BCUT2D eigenvalue weighted by Gasteiger charge is -2.10. The third-order valence-electron chi connectivity index (χ3n) is 3.68. The van der Waals surface area contributed by atoms with Crippen molar-refractivity contribution in [3.05, 3.63) is 74.8 Å². The van der Waals surface area contributed by atoms with Crippen molar-refractivity contribution < 1.29 is 13.9 Å². The van der Waals surface area contributed by atoms with Gasteiger partial charge in [-0.05, 0) is 29.8 Å². The van der Waals surface area contributed by atoms with Crippen molar-refractivity contribution in [3.63, 3.8) is 0 Å². The van der Waals surface area contributed by atoms with E-state index in [1.54, 1.807) is 25.3 Å². The number of aromatic amines is 1. The van der Waals surface area contributed by atoms with Crippen LogP contribution in [0.2, 0.25) is 5.02 Å². The van der Waals surface area contributed by atoms with Gasteiger partial charge in [-0.1, -0.05) is 23.7 Å². The molecule has 0 spiro atoms.